The van der Waals surface area contributed by atoms with E-state index in [0.717, 1.165) is 36.8 Å². The minimum Gasteiger partial charge on any atom is -0.497 e. The number of methoxy groups -OCH3 is 1. The number of ether oxygens (including phenoxy) is 1. The van der Waals surface area contributed by atoms with Crippen molar-refractivity contribution in [3.63, 3.8) is 0 Å². The summed E-state index contributed by atoms with van der Waals surface area (Å²) in [6, 6.07) is 16.5. The van der Waals surface area contributed by atoms with Crippen LogP contribution in [0.25, 0.3) is 0 Å². The molecule has 2 aromatic rings. The summed E-state index contributed by atoms with van der Waals surface area (Å²) in [6.45, 7) is 0.211. The van der Waals surface area contributed by atoms with E-state index in [4.69, 9.17) is 4.74 Å². The molecule has 4 amide bonds. The third kappa shape index (κ3) is 6.92. The first-order valence-corrected chi connectivity index (χ1v) is 15.2. The van der Waals surface area contributed by atoms with Crippen molar-refractivity contribution in [2.45, 2.75) is 76.4 Å². The van der Waals surface area contributed by atoms with Gasteiger partial charge in [-0.05, 0) is 48.9 Å². The Morgan fingerprint density at radius 1 is 0.929 bits per heavy atom. The van der Waals surface area contributed by atoms with Crippen molar-refractivity contribution in [2.24, 2.45) is 11.8 Å². The van der Waals surface area contributed by atoms with Gasteiger partial charge in [-0.2, -0.15) is 0 Å². The van der Waals surface area contributed by atoms with Gasteiger partial charge in [0.2, 0.25) is 23.6 Å². The number of allylic oxidation sites excluding steroid dienone is 2. The van der Waals surface area contributed by atoms with Gasteiger partial charge in [-0.25, -0.2) is 0 Å². The summed E-state index contributed by atoms with van der Waals surface area (Å²) in [5, 5.41) is 3.24. The fourth-order valence-electron chi connectivity index (χ4n) is 6.51. The molecule has 5 rings (SSSR count). The average molecular weight is 572 g/mol. The van der Waals surface area contributed by atoms with E-state index >= 15 is 0 Å². The molecule has 222 valence electrons. The van der Waals surface area contributed by atoms with Gasteiger partial charge in [0.1, 0.15) is 11.8 Å². The predicted molar refractivity (Wildman–Crippen MR) is 159 cm³/mol. The van der Waals surface area contributed by atoms with E-state index in [-0.39, 0.29) is 61.0 Å². The van der Waals surface area contributed by atoms with Gasteiger partial charge in [-0.1, -0.05) is 73.9 Å². The molecule has 2 aromatic carbocycles. The van der Waals surface area contributed by atoms with Crippen LogP contribution in [0.4, 0.5) is 0 Å². The number of nitrogens with one attached hydrogen (secondary N) is 1. The molecule has 1 aliphatic heterocycles. The molecule has 0 unspecified atom stereocenters. The van der Waals surface area contributed by atoms with Crippen LogP contribution in [-0.4, -0.2) is 59.2 Å². The first-order chi connectivity index (χ1) is 20.4. The summed E-state index contributed by atoms with van der Waals surface area (Å²) in [6.07, 6.45) is 10.5. The SMILES string of the molecule is COc1cccc(CN(C(=O)CCN2C(=O)[C@H]3CC=CC[C@H]3C2=O)[C@@H](Cc2ccccc2)C(=O)NC2CCCCC2)c1. The van der Waals surface area contributed by atoms with E-state index in [2.05, 4.69) is 5.32 Å². The quantitative estimate of drug-likeness (QED) is 0.318. The van der Waals surface area contributed by atoms with Crippen molar-refractivity contribution in [2.75, 3.05) is 13.7 Å². The lowest BCUT2D eigenvalue weighted by Gasteiger charge is -2.34. The van der Waals surface area contributed by atoms with E-state index in [0.29, 0.717) is 25.0 Å². The van der Waals surface area contributed by atoms with Crippen LogP contribution in [0.2, 0.25) is 0 Å². The van der Waals surface area contributed by atoms with Crippen molar-refractivity contribution in [3.05, 3.63) is 77.9 Å². The number of benzene rings is 2. The second-order valence-electron chi connectivity index (χ2n) is 11.7. The van der Waals surface area contributed by atoms with Gasteiger partial charge in [0.25, 0.3) is 0 Å². The van der Waals surface area contributed by atoms with Gasteiger partial charge in [0.05, 0.1) is 18.9 Å². The number of amides is 4. The van der Waals surface area contributed by atoms with Crippen LogP contribution >= 0.6 is 0 Å². The molecule has 3 aliphatic rings. The molecule has 1 heterocycles. The van der Waals surface area contributed by atoms with Gasteiger partial charge in [0, 0.05) is 32.0 Å². The molecule has 3 atom stereocenters. The number of likely N-dealkylation sites (tertiary alicyclic amines) is 1. The molecule has 0 aromatic heterocycles. The molecule has 42 heavy (non-hydrogen) atoms. The Kier molecular flexibility index (Phi) is 9.72. The minimum absolute atomic E-state index is 0.0143. The fourth-order valence-corrected chi connectivity index (χ4v) is 6.51. The number of hydrogen-bond acceptors (Lipinski definition) is 5. The third-order valence-corrected chi connectivity index (χ3v) is 8.86. The summed E-state index contributed by atoms with van der Waals surface area (Å²) < 4.78 is 5.42. The van der Waals surface area contributed by atoms with Crippen LogP contribution in [0.15, 0.2) is 66.7 Å². The second-order valence-corrected chi connectivity index (χ2v) is 11.7. The molecule has 1 N–H and O–H groups in total. The lowest BCUT2D eigenvalue weighted by molar-refractivity contribution is -0.144. The number of imide groups is 1. The molecular weight excluding hydrogens is 530 g/mol. The molecule has 2 aliphatic carbocycles. The number of nitrogens with zero attached hydrogens (tertiary/aromatic N) is 2. The van der Waals surface area contributed by atoms with Gasteiger partial charge in [-0.3, -0.25) is 24.1 Å². The van der Waals surface area contributed by atoms with Gasteiger partial charge < -0.3 is 15.0 Å². The molecule has 1 saturated heterocycles. The summed E-state index contributed by atoms with van der Waals surface area (Å²) >= 11 is 0. The monoisotopic (exact) mass is 571 g/mol. The molecular formula is C34H41N3O5. The van der Waals surface area contributed by atoms with Crippen molar-refractivity contribution >= 4 is 23.6 Å². The van der Waals surface area contributed by atoms with Crippen LogP contribution in [0.3, 0.4) is 0 Å². The van der Waals surface area contributed by atoms with Crippen LogP contribution in [0.1, 0.15) is 62.5 Å². The number of carbonyl (C=O) groups is 4. The largest absolute Gasteiger partial charge is 0.497 e. The lowest BCUT2D eigenvalue weighted by Crippen LogP contribution is -2.53. The van der Waals surface area contributed by atoms with E-state index in [9.17, 15) is 19.2 Å². The van der Waals surface area contributed by atoms with E-state index < -0.39 is 6.04 Å². The average Bonchev–Trinajstić information content (AvgIpc) is 3.27. The number of rotatable bonds is 11. The van der Waals surface area contributed by atoms with Crippen molar-refractivity contribution < 1.29 is 23.9 Å². The Bertz CT molecular complexity index is 1280. The minimum atomic E-state index is -0.759. The number of hydrogen-bond donors (Lipinski definition) is 1. The molecule has 2 fully saturated rings. The first kappa shape index (κ1) is 29.5. The summed E-state index contributed by atoms with van der Waals surface area (Å²) in [4.78, 5) is 57.0. The topological polar surface area (TPSA) is 96.0 Å². The van der Waals surface area contributed by atoms with E-state index in [1.807, 2.05) is 66.7 Å². The first-order valence-electron chi connectivity index (χ1n) is 15.2. The highest BCUT2D eigenvalue weighted by molar-refractivity contribution is 6.05. The smallest absolute Gasteiger partial charge is 0.243 e. The third-order valence-electron chi connectivity index (χ3n) is 8.86. The summed E-state index contributed by atoms with van der Waals surface area (Å²) in [5.74, 6) is -0.848. The van der Waals surface area contributed by atoms with Crippen LogP contribution in [0, 0.1) is 11.8 Å². The Hall–Kier alpha value is -3.94. The molecule has 0 spiro atoms. The van der Waals surface area contributed by atoms with Crippen molar-refractivity contribution in [1.82, 2.24) is 15.1 Å². The lowest BCUT2D eigenvalue weighted by atomic mass is 9.85. The zero-order chi connectivity index (χ0) is 29.5. The van der Waals surface area contributed by atoms with Gasteiger partial charge >= 0.3 is 0 Å². The highest BCUT2D eigenvalue weighted by Gasteiger charge is 2.47. The van der Waals surface area contributed by atoms with Crippen LogP contribution in [0.5, 0.6) is 5.75 Å². The van der Waals surface area contributed by atoms with Crippen molar-refractivity contribution in [1.29, 1.82) is 0 Å². The summed E-state index contributed by atoms with van der Waals surface area (Å²) in [7, 11) is 1.59. The molecule has 0 radical (unpaired) electrons. The zero-order valence-corrected chi connectivity index (χ0v) is 24.4. The van der Waals surface area contributed by atoms with Gasteiger partial charge in [0.15, 0.2) is 0 Å². The standard InChI is InChI=1S/C34H41N3O5/c1-42-27-16-10-13-25(21-27)23-37(31(38)19-20-36-33(40)28-17-8-9-18-29(28)34(36)41)30(22-24-11-4-2-5-12-24)32(39)35-26-14-6-3-7-15-26/h2,4-5,8-13,16,21,26,28-30H,3,6-7,14-15,17-20,22-23H2,1H3,(H,35,39)/t28-,29+,30-/m0/s1. The number of fused-ring (bicyclic) bond motifs is 1. The maximum Gasteiger partial charge on any atom is 0.243 e. The highest BCUT2D eigenvalue weighted by Crippen LogP contribution is 2.35. The zero-order valence-electron chi connectivity index (χ0n) is 24.4. The van der Waals surface area contributed by atoms with Crippen molar-refractivity contribution in [3.8, 4) is 5.75 Å². The maximum atomic E-state index is 14.1. The maximum absolute atomic E-state index is 14.1. The molecule has 1 saturated carbocycles. The normalized spacial score (nSPS) is 21.1. The Balaban J connectivity index is 1.40. The second kappa shape index (κ2) is 13.8. The van der Waals surface area contributed by atoms with E-state index in [1.54, 1.807) is 12.0 Å². The van der Waals surface area contributed by atoms with Crippen LogP contribution in [-0.2, 0) is 32.1 Å². The Morgan fingerprint density at radius 2 is 1.60 bits per heavy atom. The predicted octanol–water partition coefficient (Wildman–Crippen LogP) is 4.43. The number of carbonyl (C=O) groups excluding carboxylic acids is 4. The van der Waals surface area contributed by atoms with Gasteiger partial charge in [-0.15, -0.1) is 0 Å². The highest BCUT2D eigenvalue weighted by atomic mass is 16.5. The Morgan fingerprint density at radius 3 is 2.26 bits per heavy atom. The molecule has 8 heteroatoms. The van der Waals surface area contributed by atoms with Crippen LogP contribution < -0.4 is 10.1 Å². The molecule has 0 bridgehead atoms. The Labute approximate surface area is 248 Å². The molecule has 8 nitrogen and oxygen atoms in total. The summed E-state index contributed by atoms with van der Waals surface area (Å²) in [5.41, 5.74) is 1.78. The van der Waals surface area contributed by atoms with E-state index in [1.165, 1.54) is 11.3 Å². The fraction of sp³-hybridized carbons (Fsp3) is 0.471.